The SMILES string of the molecule is CCSC1CCC(Nc2nc(NC)ncc2Br)C1. The van der Waals surface area contributed by atoms with E-state index in [-0.39, 0.29) is 0 Å². The van der Waals surface area contributed by atoms with Crippen molar-refractivity contribution in [1.29, 1.82) is 0 Å². The zero-order valence-electron chi connectivity index (χ0n) is 10.7. The highest BCUT2D eigenvalue weighted by molar-refractivity contribution is 9.10. The van der Waals surface area contributed by atoms with E-state index in [9.17, 15) is 0 Å². The third-order valence-electron chi connectivity index (χ3n) is 3.10. The van der Waals surface area contributed by atoms with E-state index in [2.05, 4.69) is 55.2 Å². The van der Waals surface area contributed by atoms with Crippen molar-refractivity contribution < 1.29 is 0 Å². The van der Waals surface area contributed by atoms with Crippen molar-refractivity contribution in [2.45, 2.75) is 37.5 Å². The second kappa shape index (κ2) is 6.61. The molecule has 1 heterocycles. The van der Waals surface area contributed by atoms with Gasteiger partial charge in [0, 0.05) is 24.5 Å². The molecule has 1 aliphatic rings. The van der Waals surface area contributed by atoms with Gasteiger partial charge in [-0.1, -0.05) is 6.92 Å². The van der Waals surface area contributed by atoms with E-state index in [4.69, 9.17) is 0 Å². The van der Waals surface area contributed by atoms with Gasteiger partial charge in [0.05, 0.1) is 4.47 Å². The molecule has 0 aliphatic heterocycles. The summed E-state index contributed by atoms with van der Waals surface area (Å²) in [7, 11) is 1.83. The first-order valence-electron chi connectivity index (χ1n) is 6.31. The van der Waals surface area contributed by atoms with Gasteiger partial charge in [-0.25, -0.2) is 4.98 Å². The summed E-state index contributed by atoms with van der Waals surface area (Å²) in [5, 5.41) is 7.28. The van der Waals surface area contributed by atoms with Gasteiger partial charge in [-0.2, -0.15) is 16.7 Å². The number of thioether (sulfide) groups is 1. The molecule has 1 aliphatic carbocycles. The van der Waals surface area contributed by atoms with Crippen molar-refractivity contribution in [1.82, 2.24) is 9.97 Å². The number of hydrogen-bond donors (Lipinski definition) is 2. The van der Waals surface area contributed by atoms with Crippen molar-refractivity contribution >= 4 is 39.5 Å². The fraction of sp³-hybridized carbons (Fsp3) is 0.667. The molecule has 1 aromatic heterocycles. The zero-order valence-corrected chi connectivity index (χ0v) is 13.1. The fourth-order valence-electron chi connectivity index (χ4n) is 2.24. The van der Waals surface area contributed by atoms with E-state index in [0.717, 1.165) is 15.5 Å². The van der Waals surface area contributed by atoms with Crippen LogP contribution in [0.4, 0.5) is 11.8 Å². The van der Waals surface area contributed by atoms with Crippen LogP contribution in [0.25, 0.3) is 0 Å². The van der Waals surface area contributed by atoms with E-state index in [0.29, 0.717) is 12.0 Å². The summed E-state index contributed by atoms with van der Waals surface area (Å²) in [5.74, 6) is 2.75. The lowest BCUT2D eigenvalue weighted by Crippen LogP contribution is -2.18. The van der Waals surface area contributed by atoms with Crippen LogP contribution < -0.4 is 10.6 Å². The Hall–Kier alpha value is -0.490. The molecule has 100 valence electrons. The van der Waals surface area contributed by atoms with Gasteiger partial charge in [-0.3, -0.25) is 0 Å². The van der Waals surface area contributed by atoms with Crippen LogP contribution in [0.2, 0.25) is 0 Å². The van der Waals surface area contributed by atoms with Crippen LogP contribution in [0.3, 0.4) is 0 Å². The number of aromatic nitrogens is 2. The molecule has 6 heteroatoms. The Morgan fingerprint density at radius 2 is 2.33 bits per heavy atom. The molecule has 2 unspecified atom stereocenters. The smallest absolute Gasteiger partial charge is 0.224 e. The van der Waals surface area contributed by atoms with Gasteiger partial charge in [0.15, 0.2) is 0 Å². The molecular weight excluding hydrogens is 312 g/mol. The third kappa shape index (κ3) is 3.51. The molecule has 0 aromatic carbocycles. The molecular formula is C12H19BrN4S. The molecule has 2 atom stereocenters. The minimum atomic E-state index is 0.532. The Balaban J connectivity index is 1.97. The van der Waals surface area contributed by atoms with Gasteiger partial charge < -0.3 is 10.6 Å². The van der Waals surface area contributed by atoms with Crippen molar-refractivity contribution in [3.8, 4) is 0 Å². The van der Waals surface area contributed by atoms with E-state index < -0.39 is 0 Å². The van der Waals surface area contributed by atoms with E-state index >= 15 is 0 Å². The lowest BCUT2D eigenvalue weighted by molar-refractivity contribution is 0.750. The van der Waals surface area contributed by atoms with Crippen LogP contribution in [-0.2, 0) is 0 Å². The Morgan fingerprint density at radius 1 is 1.50 bits per heavy atom. The summed E-state index contributed by atoms with van der Waals surface area (Å²) < 4.78 is 0.924. The number of anilines is 2. The molecule has 0 amide bonds. The second-order valence-electron chi connectivity index (χ2n) is 4.37. The summed E-state index contributed by atoms with van der Waals surface area (Å²) in [5.41, 5.74) is 0. The van der Waals surface area contributed by atoms with E-state index in [1.54, 1.807) is 6.20 Å². The normalized spacial score (nSPS) is 23.1. The standard InChI is InChI=1S/C12H19BrN4S/c1-3-18-9-5-4-8(6-9)16-11-10(13)7-15-12(14-2)17-11/h7-9H,3-6H2,1-2H3,(H2,14,15,16,17). The molecule has 1 saturated carbocycles. The van der Waals surface area contributed by atoms with E-state index in [1.807, 2.05) is 7.05 Å². The highest BCUT2D eigenvalue weighted by atomic mass is 79.9. The van der Waals surface area contributed by atoms with E-state index in [1.165, 1.54) is 25.0 Å². The summed E-state index contributed by atoms with van der Waals surface area (Å²) in [6, 6.07) is 0.532. The Labute approximate surface area is 121 Å². The molecule has 1 fully saturated rings. The maximum Gasteiger partial charge on any atom is 0.224 e. The summed E-state index contributed by atoms with van der Waals surface area (Å²) in [6.45, 7) is 2.23. The van der Waals surface area contributed by atoms with Gasteiger partial charge in [-0.15, -0.1) is 0 Å². The van der Waals surface area contributed by atoms with Gasteiger partial charge in [0.2, 0.25) is 5.95 Å². The minimum absolute atomic E-state index is 0.532. The quantitative estimate of drug-likeness (QED) is 0.866. The predicted molar refractivity (Wildman–Crippen MR) is 82.5 cm³/mol. The first-order chi connectivity index (χ1) is 8.72. The minimum Gasteiger partial charge on any atom is -0.366 e. The Kier molecular flexibility index (Phi) is 5.12. The van der Waals surface area contributed by atoms with Crippen LogP contribution in [0.15, 0.2) is 10.7 Å². The Bertz CT molecular complexity index is 402. The first kappa shape index (κ1) is 13.9. The second-order valence-corrected chi connectivity index (χ2v) is 6.80. The van der Waals surface area contributed by atoms with Crippen molar-refractivity contribution in [2.24, 2.45) is 0 Å². The number of hydrogen-bond acceptors (Lipinski definition) is 5. The van der Waals surface area contributed by atoms with Crippen molar-refractivity contribution in [3.05, 3.63) is 10.7 Å². The lowest BCUT2D eigenvalue weighted by Gasteiger charge is -2.15. The van der Waals surface area contributed by atoms with Crippen molar-refractivity contribution in [3.63, 3.8) is 0 Å². The number of nitrogens with one attached hydrogen (secondary N) is 2. The molecule has 0 bridgehead atoms. The van der Waals surface area contributed by atoms with Gasteiger partial charge in [0.1, 0.15) is 5.82 Å². The molecule has 0 spiro atoms. The number of rotatable bonds is 5. The molecule has 4 nitrogen and oxygen atoms in total. The first-order valence-corrected chi connectivity index (χ1v) is 8.15. The zero-order chi connectivity index (χ0) is 13.0. The van der Waals surface area contributed by atoms with Gasteiger partial charge in [-0.05, 0) is 40.9 Å². The number of nitrogens with zero attached hydrogens (tertiary/aromatic N) is 2. The summed E-state index contributed by atoms with van der Waals surface area (Å²) >= 11 is 5.56. The lowest BCUT2D eigenvalue weighted by atomic mass is 10.2. The molecule has 0 radical (unpaired) electrons. The maximum atomic E-state index is 4.44. The highest BCUT2D eigenvalue weighted by Gasteiger charge is 2.25. The molecule has 18 heavy (non-hydrogen) atoms. The van der Waals surface area contributed by atoms with Crippen LogP contribution >= 0.6 is 27.7 Å². The fourth-order valence-corrected chi connectivity index (χ4v) is 3.69. The summed E-state index contributed by atoms with van der Waals surface area (Å²) in [6.07, 6.45) is 5.54. The topological polar surface area (TPSA) is 49.8 Å². The molecule has 2 N–H and O–H groups in total. The van der Waals surface area contributed by atoms with Crippen LogP contribution in [0.1, 0.15) is 26.2 Å². The Morgan fingerprint density at radius 3 is 3.06 bits per heavy atom. The molecule has 0 saturated heterocycles. The van der Waals surface area contributed by atoms with Crippen LogP contribution in [0, 0.1) is 0 Å². The largest absolute Gasteiger partial charge is 0.366 e. The maximum absolute atomic E-state index is 4.44. The number of halogens is 1. The van der Waals surface area contributed by atoms with Crippen LogP contribution in [-0.4, -0.2) is 34.1 Å². The highest BCUT2D eigenvalue weighted by Crippen LogP contribution is 2.32. The average molecular weight is 331 g/mol. The monoisotopic (exact) mass is 330 g/mol. The van der Waals surface area contributed by atoms with Gasteiger partial charge >= 0.3 is 0 Å². The average Bonchev–Trinajstić information content (AvgIpc) is 2.80. The van der Waals surface area contributed by atoms with Gasteiger partial charge in [0.25, 0.3) is 0 Å². The molecule has 2 rings (SSSR count). The predicted octanol–water partition coefficient (Wildman–Crippen LogP) is 3.37. The van der Waals surface area contributed by atoms with Crippen molar-refractivity contribution in [2.75, 3.05) is 23.4 Å². The molecule has 1 aromatic rings. The van der Waals surface area contributed by atoms with Crippen LogP contribution in [0.5, 0.6) is 0 Å². The third-order valence-corrected chi connectivity index (χ3v) is 4.91. The summed E-state index contributed by atoms with van der Waals surface area (Å²) in [4.78, 5) is 8.60.